The highest BCUT2D eigenvalue weighted by atomic mass is 16.5. The molecule has 0 aromatic heterocycles. The van der Waals surface area contributed by atoms with Crippen molar-refractivity contribution in [3.8, 4) is 0 Å². The highest BCUT2D eigenvalue weighted by Gasteiger charge is 2.07. The predicted molar refractivity (Wildman–Crippen MR) is 34.9 cm³/mol. The SMILES string of the molecule is CCCC([O])NC(=O)OC. The van der Waals surface area contributed by atoms with Crippen LogP contribution in [0.15, 0.2) is 0 Å². The first-order chi connectivity index (χ1) is 4.70. The van der Waals surface area contributed by atoms with Crippen molar-refractivity contribution < 1.29 is 14.6 Å². The molecule has 0 bridgehead atoms. The average molecular weight is 146 g/mol. The molecule has 10 heavy (non-hydrogen) atoms. The number of carbonyl (C=O) groups is 1. The molecule has 1 N–H and O–H groups in total. The minimum atomic E-state index is -1.03. The van der Waals surface area contributed by atoms with Gasteiger partial charge in [0, 0.05) is 0 Å². The van der Waals surface area contributed by atoms with E-state index in [1.54, 1.807) is 0 Å². The summed E-state index contributed by atoms with van der Waals surface area (Å²) >= 11 is 0. The van der Waals surface area contributed by atoms with E-state index in [1.165, 1.54) is 7.11 Å². The highest BCUT2D eigenvalue weighted by Crippen LogP contribution is 1.92. The Morgan fingerprint density at radius 2 is 2.30 bits per heavy atom. The zero-order valence-corrected chi connectivity index (χ0v) is 6.22. The molecule has 0 aliphatic rings. The molecule has 0 aliphatic carbocycles. The quantitative estimate of drug-likeness (QED) is 0.601. The fourth-order valence-electron chi connectivity index (χ4n) is 0.525. The number of amides is 1. The van der Waals surface area contributed by atoms with E-state index in [9.17, 15) is 9.90 Å². The van der Waals surface area contributed by atoms with Gasteiger partial charge in [0.2, 0.25) is 0 Å². The summed E-state index contributed by atoms with van der Waals surface area (Å²) in [5.74, 6) is 0. The normalized spacial score (nSPS) is 12.3. The van der Waals surface area contributed by atoms with E-state index in [0.29, 0.717) is 6.42 Å². The van der Waals surface area contributed by atoms with Gasteiger partial charge in [-0.2, -0.15) is 0 Å². The molecule has 1 unspecified atom stereocenters. The molecular weight excluding hydrogens is 134 g/mol. The lowest BCUT2D eigenvalue weighted by Crippen LogP contribution is -2.33. The monoisotopic (exact) mass is 146 g/mol. The van der Waals surface area contributed by atoms with Crippen LogP contribution >= 0.6 is 0 Å². The third kappa shape index (κ3) is 4.14. The van der Waals surface area contributed by atoms with Crippen LogP contribution < -0.4 is 5.32 Å². The summed E-state index contributed by atoms with van der Waals surface area (Å²) in [4.78, 5) is 10.4. The van der Waals surface area contributed by atoms with Crippen LogP contribution in [0.5, 0.6) is 0 Å². The van der Waals surface area contributed by atoms with Gasteiger partial charge in [0.15, 0.2) is 6.23 Å². The number of hydrogen-bond donors (Lipinski definition) is 1. The number of methoxy groups -OCH3 is 1. The Morgan fingerprint density at radius 3 is 2.70 bits per heavy atom. The largest absolute Gasteiger partial charge is 0.453 e. The summed E-state index contributed by atoms with van der Waals surface area (Å²) in [6.45, 7) is 1.88. The van der Waals surface area contributed by atoms with E-state index >= 15 is 0 Å². The molecule has 1 radical (unpaired) electrons. The first-order valence-electron chi connectivity index (χ1n) is 3.21. The smallest absolute Gasteiger partial charge is 0.408 e. The van der Waals surface area contributed by atoms with E-state index in [4.69, 9.17) is 0 Å². The van der Waals surface area contributed by atoms with Gasteiger partial charge in [0.05, 0.1) is 7.11 Å². The van der Waals surface area contributed by atoms with Gasteiger partial charge in [-0.15, -0.1) is 0 Å². The van der Waals surface area contributed by atoms with Crippen LogP contribution in [-0.4, -0.2) is 19.4 Å². The van der Waals surface area contributed by atoms with Crippen molar-refractivity contribution in [3.63, 3.8) is 0 Å². The summed E-state index contributed by atoms with van der Waals surface area (Å²) in [5.41, 5.74) is 0. The van der Waals surface area contributed by atoms with Gasteiger partial charge >= 0.3 is 6.09 Å². The second-order valence-corrected chi connectivity index (χ2v) is 1.91. The third-order valence-electron chi connectivity index (χ3n) is 1.02. The third-order valence-corrected chi connectivity index (χ3v) is 1.02. The molecule has 0 aliphatic heterocycles. The van der Waals surface area contributed by atoms with Crippen LogP contribution in [0.25, 0.3) is 0 Å². The van der Waals surface area contributed by atoms with Gasteiger partial charge < -0.3 is 4.74 Å². The van der Waals surface area contributed by atoms with E-state index in [0.717, 1.165) is 6.42 Å². The molecule has 0 saturated carbocycles. The zero-order valence-electron chi connectivity index (χ0n) is 6.22. The molecule has 0 heterocycles. The molecule has 0 fully saturated rings. The fraction of sp³-hybridized carbons (Fsp3) is 0.833. The Kier molecular flexibility index (Phi) is 4.66. The Balaban J connectivity index is 3.37. The lowest BCUT2D eigenvalue weighted by molar-refractivity contribution is 0.0478. The lowest BCUT2D eigenvalue weighted by Gasteiger charge is -2.06. The van der Waals surface area contributed by atoms with Gasteiger partial charge in [-0.1, -0.05) is 13.3 Å². The van der Waals surface area contributed by atoms with Crippen LogP contribution in [0.2, 0.25) is 0 Å². The zero-order chi connectivity index (χ0) is 7.98. The number of rotatable bonds is 3. The maximum Gasteiger partial charge on any atom is 0.408 e. The Morgan fingerprint density at radius 1 is 1.70 bits per heavy atom. The topological polar surface area (TPSA) is 58.2 Å². The summed E-state index contributed by atoms with van der Waals surface area (Å²) in [6.07, 6.45) is -0.487. The minimum Gasteiger partial charge on any atom is -0.453 e. The van der Waals surface area contributed by atoms with Crippen molar-refractivity contribution in [3.05, 3.63) is 0 Å². The average Bonchev–Trinajstić information content (AvgIpc) is 1.88. The lowest BCUT2D eigenvalue weighted by atomic mass is 10.3. The summed E-state index contributed by atoms with van der Waals surface area (Å²) < 4.78 is 4.22. The molecule has 0 spiro atoms. The van der Waals surface area contributed by atoms with Crippen molar-refractivity contribution in [1.29, 1.82) is 0 Å². The Labute approximate surface area is 60.2 Å². The predicted octanol–water partition coefficient (Wildman–Crippen LogP) is 0.899. The molecule has 1 atom stereocenters. The van der Waals surface area contributed by atoms with Crippen molar-refractivity contribution in [1.82, 2.24) is 5.32 Å². The van der Waals surface area contributed by atoms with E-state index in [1.807, 2.05) is 6.92 Å². The molecule has 0 aromatic carbocycles. The minimum absolute atomic E-state index is 0.440. The molecular formula is C6H12NO3. The van der Waals surface area contributed by atoms with E-state index in [-0.39, 0.29) is 0 Å². The van der Waals surface area contributed by atoms with Crippen molar-refractivity contribution in [2.75, 3.05) is 7.11 Å². The Bertz CT molecular complexity index is 105. The summed E-state index contributed by atoms with van der Waals surface area (Å²) in [5, 5.41) is 12.8. The number of alkyl carbamates (subject to hydrolysis) is 1. The molecule has 4 nitrogen and oxygen atoms in total. The maximum atomic E-state index is 10.7. The number of carbonyl (C=O) groups excluding carboxylic acids is 1. The van der Waals surface area contributed by atoms with E-state index < -0.39 is 12.3 Å². The van der Waals surface area contributed by atoms with Crippen LogP contribution in [0.4, 0.5) is 4.79 Å². The van der Waals surface area contributed by atoms with Gasteiger partial charge in [-0.25, -0.2) is 9.90 Å². The molecule has 0 aromatic rings. The van der Waals surface area contributed by atoms with E-state index in [2.05, 4.69) is 10.1 Å². The van der Waals surface area contributed by atoms with Crippen LogP contribution in [0.1, 0.15) is 19.8 Å². The molecule has 0 rings (SSSR count). The van der Waals surface area contributed by atoms with Crippen LogP contribution in [0.3, 0.4) is 0 Å². The second-order valence-electron chi connectivity index (χ2n) is 1.91. The molecule has 0 saturated heterocycles. The van der Waals surface area contributed by atoms with Crippen LogP contribution in [0, 0.1) is 0 Å². The van der Waals surface area contributed by atoms with Gasteiger partial charge in [-0.3, -0.25) is 5.32 Å². The van der Waals surface area contributed by atoms with Gasteiger partial charge in [0.25, 0.3) is 0 Å². The first kappa shape index (κ1) is 9.23. The molecule has 4 heteroatoms. The summed E-state index contributed by atoms with van der Waals surface area (Å²) in [6, 6.07) is 0. The van der Waals surface area contributed by atoms with Gasteiger partial charge in [0.1, 0.15) is 0 Å². The van der Waals surface area contributed by atoms with Crippen LogP contribution in [-0.2, 0) is 9.84 Å². The van der Waals surface area contributed by atoms with Crippen molar-refractivity contribution in [2.24, 2.45) is 0 Å². The first-order valence-corrected chi connectivity index (χ1v) is 3.21. The number of nitrogens with one attached hydrogen (secondary N) is 1. The molecule has 1 amide bonds. The fourth-order valence-corrected chi connectivity index (χ4v) is 0.525. The second kappa shape index (κ2) is 5.05. The number of ether oxygens (including phenoxy) is 1. The highest BCUT2D eigenvalue weighted by molar-refractivity contribution is 5.66. The molecule has 59 valence electrons. The maximum absolute atomic E-state index is 10.7. The van der Waals surface area contributed by atoms with Crippen molar-refractivity contribution in [2.45, 2.75) is 26.0 Å². The summed E-state index contributed by atoms with van der Waals surface area (Å²) in [7, 11) is 1.23. The number of hydrogen-bond acceptors (Lipinski definition) is 2. The standard InChI is InChI=1S/C6H12NO3/c1-3-4-5(8)7-6(9)10-2/h5H,3-4H2,1-2H3,(H,7,9). The van der Waals surface area contributed by atoms with Gasteiger partial charge in [-0.05, 0) is 6.42 Å². The Hall–Kier alpha value is -0.770. The van der Waals surface area contributed by atoms with Crippen molar-refractivity contribution >= 4 is 6.09 Å².